The lowest BCUT2D eigenvalue weighted by atomic mass is 10.1. The van der Waals surface area contributed by atoms with Crippen molar-refractivity contribution in [2.45, 2.75) is 25.0 Å². The number of nitrogen functional groups attached to an aromatic ring is 1. The van der Waals surface area contributed by atoms with Crippen LogP contribution in [0.5, 0.6) is 0 Å². The number of hydrogen-bond donors (Lipinski definition) is 2. The molecule has 0 radical (unpaired) electrons. The van der Waals surface area contributed by atoms with Gasteiger partial charge in [-0.1, -0.05) is 46.3 Å². The Labute approximate surface area is 148 Å². The summed E-state index contributed by atoms with van der Waals surface area (Å²) in [6.45, 7) is 0. The number of anilines is 1. The fraction of sp³-hybridized carbons (Fsp3) is 0.222. The molecule has 124 valence electrons. The zero-order valence-electron chi connectivity index (χ0n) is 12.9. The summed E-state index contributed by atoms with van der Waals surface area (Å²) < 4.78 is 6.21. The number of ether oxygens (including phenoxy) is 1. The van der Waals surface area contributed by atoms with Gasteiger partial charge in [-0.3, -0.25) is 4.79 Å². The Morgan fingerprint density at radius 1 is 1.17 bits per heavy atom. The molecule has 3 N–H and O–H groups in total. The molecule has 24 heavy (non-hydrogen) atoms. The second-order valence-electron chi connectivity index (χ2n) is 5.71. The van der Waals surface area contributed by atoms with E-state index in [-0.39, 0.29) is 17.5 Å². The van der Waals surface area contributed by atoms with Crippen molar-refractivity contribution in [1.29, 1.82) is 0 Å². The molecule has 0 unspecified atom stereocenters. The Balaban J connectivity index is 1.84. The highest BCUT2D eigenvalue weighted by Crippen LogP contribution is 2.26. The number of carbonyl (C=O) groups is 2. The van der Waals surface area contributed by atoms with Crippen LogP contribution < -0.4 is 11.1 Å². The molecule has 1 amide bonds. The largest absolute Gasteiger partial charge is 0.444 e. The Kier molecular flexibility index (Phi) is 4.85. The molecule has 0 spiro atoms. The average molecular weight is 389 g/mol. The lowest BCUT2D eigenvalue weighted by molar-refractivity contribution is -0.130. The van der Waals surface area contributed by atoms with Gasteiger partial charge < -0.3 is 15.8 Å². The van der Waals surface area contributed by atoms with E-state index in [9.17, 15) is 9.59 Å². The number of hydrogen-bond acceptors (Lipinski definition) is 4. The molecule has 1 fully saturated rings. The first-order valence-electron chi connectivity index (χ1n) is 7.66. The number of benzene rings is 2. The standard InChI is InChI=1S/C18H17BrN2O3/c19-12-6-9-15(20)14(10-12)18(23)24-16(11-4-2-1-3-5-11)17(22)21-13-7-8-13/h1-6,9-10,13,16H,7-8,20H2,(H,21,22)/t16-/m1/s1. The molecule has 0 aliphatic heterocycles. The van der Waals surface area contributed by atoms with Crippen molar-refractivity contribution in [1.82, 2.24) is 5.32 Å². The molecule has 0 saturated heterocycles. The highest BCUT2D eigenvalue weighted by Gasteiger charge is 2.31. The van der Waals surface area contributed by atoms with Gasteiger partial charge in [-0.2, -0.15) is 0 Å². The highest BCUT2D eigenvalue weighted by molar-refractivity contribution is 9.10. The van der Waals surface area contributed by atoms with Crippen LogP contribution in [0.25, 0.3) is 0 Å². The molecule has 2 aromatic carbocycles. The minimum atomic E-state index is -1.00. The number of nitrogens with two attached hydrogens (primary N) is 1. The van der Waals surface area contributed by atoms with Crippen molar-refractivity contribution in [2.75, 3.05) is 5.73 Å². The van der Waals surface area contributed by atoms with E-state index >= 15 is 0 Å². The molecule has 5 nitrogen and oxygen atoms in total. The van der Waals surface area contributed by atoms with Gasteiger partial charge in [-0.25, -0.2) is 4.79 Å². The molecule has 0 aromatic heterocycles. The highest BCUT2D eigenvalue weighted by atomic mass is 79.9. The molecule has 2 aromatic rings. The third kappa shape index (κ3) is 3.94. The van der Waals surface area contributed by atoms with Crippen LogP contribution in [0.15, 0.2) is 53.0 Å². The summed E-state index contributed by atoms with van der Waals surface area (Å²) in [5, 5.41) is 2.88. The summed E-state index contributed by atoms with van der Waals surface area (Å²) in [6.07, 6.45) is 0.914. The van der Waals surface area contributed by atoms with Crippen LogP contribution in [0.3, 0.4) is 0 Å². The first kappa shape index (κ1) is 16.5. The lowest BCUT2D eigenvalue weighted by Gasteiger charge is -2.18. The van der Waals surface area contributed by atoms with E-state index in [1.54, 1.807) is 42.5 Å². The monoisotopic (exact) mass is 388 g/mol. The summed E-state index contributed by atoms with van der Waals surface area (Å²) >= 11 is 3.30. The number of halogens is 1. The molecule has 3 rings (SSSR count). The van der Waals surface area contributed by atoms with E-state index in [2.05, 4.69) is 21.2 Å². The second-order valence-corrected chi connectivity index (χ2v) is 6.63. The summed E-state index contributed by atoms with van der Waals surface area (Å²) in [5.74, 6) is -0.945. The molecule has 1 saturated carbocycles. The summed E-state index contributed by atoms with van der Waals surface area (Å²) in [6, 6.07) is 14.1. The van der Waals surface area contributed by atoms with E-state index in [0.717, 1.165) is 12.8 Å². The van der Waals surface area contributed by atoms with E-state index in [1.807, 2.05) is 6.07 Å². The van der Waals surface area contributed by atoms with E-state index < -0.39 is 12.1 Å². The fourth-order valence-electron chi connectivity index (χ4n) is 2.28. The molecule has 1 aliphatic rings. The first-order valence-corrected chi connectivity index (χ1v) is 8.45. The molecule has 6 heteroatoms. The van der Waals surface area contributed by atoms with Crippen LogP contribution in [0.2, 0.25) is 0 Å². The molecule has 0 heterocycles. The topological polar surface area (TPSA) is 81.4 Å². The van der Waals surface area contributed by atoms with Gasteiger partial charge in [0.1, 0.15) is 0 Å². The summed E-state index contributed by atoms with van der Waals surface area (Å²) in [7, 11) is 0. The maximum absolute atomic E-state index is 12.5. The van der Waals surface area contributed by atoms with Crippen molar-refractivity contribution in [3.05, 3.63) is 64.1 Å². The van der Waals surface area contributed by atoms with Gasteiger partial charge in [0.25, 0.3) is 5.91 Å². The van der Waals surface area contributed by atoms with Gasteiger partial charge in [0.05, 0.1) is 5.56 Å². The Morgan fingerprint density at radius 3 is 2.54 bits per heavy atom. The molecular formula is C18H17BrN2O3. The van der Waals surface area contributed by atoms with Crippen molar-refractivity contribution in [3.8, 4) is 0 Å². The Bertz CT molecular complexity index is 760. The van der Waals surface area contributed by atoms with Gasteiger partial charge in [-0.15, -0.1) is 0 Å². The summed E-state index contributed by atoms with van der Waals surface area (Å²) in [5.41, 5.74) is 7.00. The van der Waals surface area contributed by atoms with Crippen molar-refractivity contribution >= 4 is 33.5 Å². The molecule has 0 bridgehead atoms. The van der Waals surface area contributed by atoms with Gasteiger partial charge in [0, 0.05) is 21.8 Å². The predicted octanol–water partition coefficient (Wildman–Crippen LogP) is 3.21. The maximum atomic E-state index is 12.5. The van der Waals surface area contributed by atoms with Crippen LogP contribution >= 0.6 is 15.9 Å². The van der Waals surface area contributed by atoms with E-state index in [4.69, 9.17) is 10.5 Å². The second kappa shape index (κ2) is 7.05. The van der Waals surface area contributed by atoms with Crippen LogP contribution in [0.4, 0.5) is 5.69 Å². The van der Waals surface area contributed by atoms with Crippen molar-refractivity contribution in [3.63, 3.8) is 0 Å². The average Bonchev–Trinajstić information content (AvgIpc) is 3.39. The van der Waals surface area contributed by atoms with Gasteiger partial charge in [-0.05, 0) is 31.0 Å². The molecular weight excluding hydrogens is 372 g/mol. The number of nitrogens with one attached hydrogen (secondary N) is 1. The number of rotatable bonds is 5. The minimum Gasteiger partial charge on any atom is -0.444 e. The lowest BCUT2D eigenvalue weighted by Crippen LogP contribution is -2.33. The Hall–Kier alpha value is -2.34. The Morgan fingerprint density at radius 2 is 1.88 bits per heavy atom. The van der Waals surface area contributed by atoms with Crippen LogP contribution in [-0.2, 0) is 9.53 Å². The van der Waals surface area contributed by atoms with Crippen LogP contribution in [0.1, 0.15) is 34.9 Å². The smallest absolute Gasteiger partial charge is 0.341 e. The van der Waals surface area contributed by atoms with E-state index in [1.165, 1.54) is 0 Å². The molecule has 1 atom stereocenters. The fourth-order valence-corrected chi connectivity index (χ4v) is 2.64. The minimum absolute atomic E-state index is 0.179. The SMILES string of the molecule is Nc1ccc(Br)cc1C(=O)O[C@@H](C(=O)NC1CC1)c1ccccc1. The number of amides is 1. The first-order chi connectivity index (χ1) is 11.5. The third-order valence-corrected chi connectivity index (χ3v) is 4.22. The summed E-state index contributed by atoms with van der Waals surface area (Å²) in [4.78, 5) is 25.0. The van der Waals surface area contributed by atoms with Crippen molar-refractivity contribution in [2.24, 2.45) is 0 Å². The normalized spacial score (nSPS) is 14.7. The van der Waals surface area contributed by atoms with E-state index in [0.29, 0.717) is 15.7 Å². The zero-order chi connectivity index (χ0) is 17.1. The quantitative estimate of drug-likeness (QED) is 0.608. The van der Waals surface area contributed by atoms with Crippen LogP contribution in [0, 0.1) is 0 Å². The third-order valence-electron chi connectivity index (χ3n) is 3.72. The number of carbonyl (C=O) groups excluding carboxylic acids is 2. The predicted molar refractivity (Wildman–Crippen MR) is 94.3 cm³/mol. The molecule has 1 aliphatic carbocycles. The van der Waals surface area contributed by atoms with Crippen LogP contribution in [-0.4, -0.2) is 17.9 Å². The van der Waals surface area contributed by atoms with Crippen molar-refractivity contribution < 1.29 is 14.3 Å². The van der Waals surface area contributed by atoms with Gasteiger partial charge >= 0.3 is 5.97 Å². The van der Waals surface area contributed by atoms with Gasteiger partial charge in [0.15, 0.2) is 0 Å². The maximum Gasteiger partial charge on any atom is 0.341 e. The van der Waals surface area contributed by atoms with Gasteiger partial charge in [0.2, 0.25) is 6.10 Å². The zero-order valence-corrected chi connectivity index (χ0v) is 14.5. The number of esters is 1.